The third-order valence-corrected chi connectivity index (χ3v) is 6.67. The van der Waals surface area contributed by atoms with Crippen molar-refractivity contribution >= 4 is 29.1 Å². The maximum absolute atomic E-state index is 6.47. The van der Waals surface area contributed by atoms with Gasteiger partial charge in [-0.15, -0.1) is 0 Å². The summed E-state index contributed by atoms with van der Waals surface area (Å²) in [7, 11) is 2.14. The molecule has 1 unspecified atom stereocenters. The van der Waals surface area contributed by atoms with Crippen molar-refractivity contribution in [2.24, 2.45) is 10.7 Å². The summed E-state index contributed by atoms with van der Waals surface area (Å²) in [5.41, 5.74) is 10.3. The Hall–Kier alpha value is -2.50. The molecular formula is C25H31ClN4O. The number of benzene rings is 2. The summed E-state index contributed by atoms with van der Waals surface area (Å²) < 4.78 is 6.47. The predicted octanol–water partition coefficient (Wildman–Crippen LogP) is 5.03. The van der Waals surface area contributed by atoms with E-state index in [4.69, 9.17) is 27.1 Å². The van der Waals surface area contributed by atoms with Gasteiger partial charge < -0.3 is 20.7 Å². The molecule has 0 spiro atoms. The smallest absolute Gasteiger partial charge is 0.146 e. The largest absolute Gasteiger partial charge is 0.455 e. The zero-order valence-electron chi connectivity index (χ0n) is 18.3. The molecule has 2 aliphatic heterocycles. The summed E-state index contributed by atoms with van der Waals surface area (Å²) in [4.78, 5) is 7.15. The van der Waals surface area contributed by atoms with Gasteiger partial charge in [0.15, 0.2) is 0 Å². The molecule has 0 bridgehead atoms. The Labute approximate surface area is 189 Å². The fourth-order valence-electron chi connectivity index (χ4n) is 4.30. The Bertz CT molecular complexity index is 981. The number of anilines is 1. The van der Waals surface area contributed by atoms with Crippen LogP contribution in [0.1, 0.15) is 37.3 Å². The molecule has 2 aromatic rings. The molecule has 5 nitrogen and oxygen atoms in total. The molecular weight excluding hydrogens is 408 g/mol. The molecule has 0 amide bonds. The van der Waals surface area contributed by atoms with Gasteiger partial charge in [-0.2, -0.15) is 0 Å². The van der Waals surface area contributed by atoms with Gasteiger partial charge in [-0.05, 0) is 70.0 Å². The molecule has 1 saturated heterocycles. The van der Waals surface area contributed by atoms with E-state index in [1.54, 1.807) is 6.20 Å². The quantitative estimate of drug-likeness (QED) is 0.643. The van der Waals surface area contributed by atoms with Crippen LogP contribution in [-0.4, -0.2) is 38.4 Å². The molecule has 0 aliphatic carbocycles. The molecule has 2 aliphatic rings. The van der Waals surface area contributed by atoms with Crippen molar-refractivity contribution in [3.05, 3.63) is 58.7 Å². The SMILES string of the molecule is CC1CCc2c(ccc(C(C=NC3CCNCC3)=CN)c2Oc2ccccc2Cl)N1C. The average molecular weight is 439 g/mol. The maximum atomic E-state index is 6.47. The Balaban J connectivity index is 1.75. The van der Waals surface area contributed by atoms with E-state index in [0.29, 0.717) is 22.9 Å². The van der Waals surface area contributed by atoms with Crippen LogP contribution < -0.4 is 20.7 Å². The van der Waals surface area contributed by atoms with Crippen molar-refractivity contribution in [3.63, 3.8) is 0 Å². The predicted molar refractivity (Wildman–Crippen MR) is 131 cm³/mol. The van der Waals surface area contributed by atoms with E-state index in [2.05, 4.69) is 36.3 Å². The van der Waals surface area contributed by atoms with Crippen LogP contribution in [0.2, 0.25) is 5.02 Å². The minimum Gasteiger partial charge on any atom is -0.455 e. The first-order valence-corrected chi connectivity index (χ1v) is 11.4. The van der Waals surface area contributed by atoms with E-state index in [0.717, 1.165) is 55.7 Å². The second-order valence-corrected chi connectivity index (χ2v) is 8.76. The Morgan fingerprint density at radius 3 is 2.71 bits per heavy atom. The lowest BCUT2D eigenvalue weighted by atomic mass is 9.92. The second kappa shape index (κ2) is 9.75. The lowest BCUT2D eigenvalue weighted by molar-refractivity contribution is 0.461. The van der Waals surface area contributed by atoms with E-state index in [-0.39, 0.29) is 0 Å². The number of nitrogens with two attached hydrogens (primary N) is 1. The number of hydrogen-bond donors (Lipinski definition) is 2. The minimum atomic E-state index is 0.328. The van der Waals surface area contributed by atoms with Gasteiger partial charge in [-0.25, -0.2) is 0 Å². The molecule has 0 radical (unpaired) electrons. The zero-order chi connectivity index (χ0) is 21.8. The lowest BCUT2D eigenvalue weighted by Gasteiger charge is -2.35. The van der Waals surface area contributed by atoms with Gasteiger partial charge in [0.1, 0.15) is 11.5 Å². The van der Waals surface area contributed by atoms with E-state index >= 15 is 0 Å². The number of nitrogens with one attached hydrogen (secondary N) is 1. The van der Waals surface area contributed by atoms with Crippen molar-refractivity contribution in [1.82, 2.24) is 5.32 Å². The number of rotatable bonds is 5. The minimum absolute atomic E-state index is 0.328. The van der Waals surface area contributed by atoms with E-state index in [1.807, 2.05) is 30.5 Å². The van der Waals surface area contributed by atoms with Crippen LogP contribution in [-0.2, 0) is 6.42 Å². The number of piperidine rings is 1. The van der Waals surface area contributed by atoms with Crippen LogP contribution in [0.5, 0.6) is 11.5 Å². The highest BCUT2D eigenvalue weighted by Gasteiger charge is 2.26. The average Bonchev–Trinajstić information content (AvgIpc) is 2.79. The van der Waals surface area contributed by atoms with Crippen LogP contribution in [0.3, 0.4) is 0 Å². The van der Waals surface area contributed by atoms with E-state index in [1.165, 1.54) is 11.3 Å². The zero-order valence-corrected chi connectivity index (χ0v) is 19.0. The van der Waals surface area contributed by atoms with Gasteiger partial charge in [0.2, 0.25) is 0 Å². The summed E-state index contributed by atoms with van der Waals surface area (Å²) in [6.07, 6.45) is 7.64. The first-order chi connectivity index (χ1) is 15.1. The summed E-state index contributed by atoms with van der Waals surface area (Å²) in [5, 5.41) is 3.97. The van der Waals surface area contributed by atoms with Crippen LogP contribution in [0.25, 0.3) is 5.57 Å². The molecule has 2 aromatic carbocycles. The summed E-state index contributed by atoms with van der Waals surface area (Å²) in [6.45, 7) is 4.27. The summed E-state index contributed by atoms with van der Waals surface area (Å²) >= 11 is 6.43. The van der Waals surface area contributed by atoms with Crippen LogP contribution >= 0.6 is 11.6 Å². The van der Waals surface area contributed by atoms with Gasteiger partial charge in [0, 0.05) is 47.9 Å². The number of hydrogen-bond acceptors (Lipinski definition) is 5. The molecule has 1 atom stereocenters. The number of nitrogens with zero attached hydrogens (tertiary/aromatic N) is 2. The fourth-order valence-corrected chi connectivity index (χ4v) is 4.47. The van der Waals surface area contributed by atoms with Gasteiger partial charge in [0.05, 0.1) is 11.1 Å². The monoisotopic (exact) mass is 438 g/mol. The van der Waals surface area contributed by atoms with Gasteiger partial charge in [0.25, 0.3) is 0 Å². The molecule has 6 heteroatoms. The molecule has 3 N–H and O–H groups in total. The molecule has 164 valence electrons. The molecule has 0 aromatic heterocycles. The van der Waals surface area contributed by atoms with Gasteiger partial charge >= 0.3 is 0 Å². The molecule has 2 heterocycles. The number of para-hydroxylation sites is 1. The van der Waals surface area contributed by atoms with Crippen molar-refractivity contribution in [1.29, 1.82) is 0 Å². The standard InChI is InChI=1S/C25H31ClN4O/c1-17-7-8-21-23(30(17)2)10-9-20(25(21)31-24-6-4-3-5-22(24)26)18(15-27)16-29-19-11-13-28-14-12-19/h3-6,9-10,15-17,19,28H,7-8,11-14,27H2,1-2H3. The third-order valence-electron chi connectivity index (χ3n) is 6.36. The van der Waals surface area contributed by atoms with Crippen LogP contribution in [0, 0.1) is 0 Å². The van der Waals surface area contributed by atoms with Gasteiger partial charge in [-0.1, -0.05) is 23.7 Å². The van der Waals surface area contributed by atoms with E-state index in [9.17, 15) is 0 Å². The van der Waals surface area contributed by atoms with Crippen molar-refractivity contribution in [2.45, 2.75) is 44.7 Å². The van der Waals surface area contributed by atoms with Crippen LogP contribution in [0.4, 0.5) is 5.69 Å². The van der Waals surface area contributed by atoms with Crippen molar-refractivity contribution in [2.75, 3.05) is 25.0 Å². The fraction of sp³-hybridized carbons (Fsp3) is 0.400. The Morgan fingerprint density at radius 1 is 1.19 bits per heavy atom. The Morgan fingerprint density at radius 2 is 1.97 bits per heavy atom. The maximum Gasteiger partial charge on any atom is 0.146 e. The van der Waals surface area contributed by atoms with Crippen LogP contribution in [0.15, 0.2) is 47.6 Å². The highest BCUT2D eigenvalue weighted by Crippen LogP contribution is 2.43. The summed E-state index contributed by atoms with van der Waals surface area (Å²) in [6, 6.07) is 12.7. The highest BCUT2D eigenvalue weighted by molar-refractivity contribution is 6.32. The second-order valence-electron chi connectivity index (χ2n) is 8.35. The topological polar surface area (TPSA) is 62.9 Å². The number of aliphatic imine (C=N–C) groups is 1. The lowest BCUT2D eigenvalue weighted by Crippen LogP contribution is -2.33. The normalized spacial score (nSPS) is 20.2. The van der Waals surface area contributed by atoms with Gasteiger partial charge in [-0.3, -0.25) is 4.99 Å². The number of halogens is 1. The molecule has 0 saturated carbocycles. The molecule has 31 heavy (non-hydrogen) atoms. The first-order valence-electron chi connectivity index (χ1n) is 11.1. The Kier molecular flexibility index (Phi) is 6.83. The number of ether oxygens (including phenoxy) is 1. The molecule has 4 rings (SSSR count). The number of allylic oxidation sites excluding steroid dienone is 1. The van der Waals surface area contributed by atoms with Crippen molar-refractivity contribution < 1.29 is 4.74 Å². The highest BCUT2D eigenvalue weighted by atomic mass is 35.5. The van der Waals surface area contributed by atoms with Crippen molar-refractivity contribution in [3.8, 4) is 11.5 Å². The number of fused-ring (bicyclic) bond motifs is 1. The summed E-state index contributed by atoms with van der Waals surface area (Å²) in [5.74, 6) is 1.46. The third kappa shape index (κ3) is 4.73. The van der Waals surface area contributed by atoms with E-state index < -0.39 is 0 Å². The first kappa shape index (κ1) is 21.7. The molecule has 1 fully saturated rings.